The van der Waals surface area contributed by atoms with Crippen LogP contribution in [0, 0.1) is 0 Å². The molecule has 0 saturated heterocycles. The SMILES string of the molecule is Nc1ccnc(-c2cc(Br)cs2)n1. The quantitative estimate of drug-likeness (QED) is 0.853. The molecule has 2 heterocycles. The summed E-state index contributed by atoms with van der Waals surface area (Å²) in [5, 5.41) is 1.99. The van der Waals surface area contributed by atoms with Crippen LogP contribution in [0.25, 0.3) is 10.7 Å². The van der Waals surface area contributed by atoms with Crippen LogP contribution in [0.2, 0.25) is 0 Å². The lowest BCUT2D eigenvalue weighted by Crippen LogP contribution is -1.92. The van der Waals surface area contributed by atoms with Crippen LogP contribution in [0.15, 0.2) is 28.2 Å². The zero-order valence-corrected chi connectivity index (χ0v) is 8.97. The predicted octanol–water partition coefficient (Wildman–Crippen LogP) is 2.55. The first-order valence-corrected chi connectivity index (χ1v) is 5.26. The van der Waals surface area contributed by atoms with Gasteiger partial charge in [0.05, 0.1) is 4.88 Å². The highest BCUT2D eigenvalue weighted by atomic mass is 79.9. The molecule has 0 radical (unpaired) electrons. The molecule has 0 saturated carbocycles. The second-order valence-electron chi connectivity index (χ2n) is 2.43. The molecule has 0 aromatic carbocycles. The first-order valence-electron chi connectivity index (χ1n) is 3.58. The zero-order chi connectivity index (χ0) is 9.26. The lowest BCUT2D eigenvalue weighted by molar-refractivity contribution is 1.19. The van der Waals surface area contributed by atoms with Crippen molar-refractivity contribution >= 4 is 33.1 Å². The molecule has 0 spiro atoms. The van der Waals surface area contributed by atoms with Crippen LogP contribution in [-0.4, -0.2) is 9.97 Å². The van der Waals surface area contributed by atoms with E-state index in [4.69, 9.17) is 5.73 Å². The monoisotopic (exact) mass is 255 g/mol. The Hall–Kier alpha value is -0.940. The van der Waals surface area contributed by atoms with E-state index in [-0.39, 0.29) is 0 Å². The molecule has 0 atom stereocenters. The highest BCUT2D eigenvalue weighted by Crippen LogP contribution is 2.27. The maximum Gasteiger partial charge on any atom is 0.171 e. The first kappa shape index (κ1) is 8.65. The predicted molar refractivity (Wildman–Crippen MR) is 57.5 cm³/mol. The van der Waals surface area contributed by atoms with Gasteiger partial charge in [-0.2, -0.15) is 0 Å². The molecule has 2 aromatic heterocycles. The first-order chi connectivity index (χ1) is 6.25. The average molecular weight is 256 g/mol. The smallest absolute Gasteiger partial charge is 0.171 e. The fourth-order valence-corrected chi connectivity index (χ4v) is 2.29. The van der Waals surface area contributed by atoms with Crippen LogP contribution < -0.4 is 5.73 Å². The highest BCUT2D eigenvalue weighted by molar-refractivity contribution is 9.10. The summed E-state index contributed by atoms with van der Waals surface area (Å²) in [7, 11) is 0. The summed E-state index contributed by atoms with van der Waals surface area (Å²) in [4.78, 5) is 9.25. The van der Waals surface area contributed by atoms with E-state index >= 15 is 0 Å². The Balaban J connectivity index is 2.46. The van der Waals surface area contributed by atoms with Gasteiger partial charge in [0.1, 0.15) is 5.82 Å². The minimum atomic E-state index is 0.495. The van der Waals surface area contributed by atoms with Gasteiger partial charge in [-0.25, -0.2) is 9.97 Å². The lowest BCUT2D eigenvalue weighted by Gasteiger charge is -1.95. The Labute approximate surface area is 87.8 Å². The molecule has 0 bridgehead atoms. The molecule has 0 aliphatic carbocycles. The van der Waals surface area contributed by atoms with Gasteiger partial charge < -0.3 is 5.73 Å². The van der Waals surface area contributed by atoms with Gasteiger partial charge in [-0.05, 0) is 28.1 Å². The number of rotatable bonds is 1. The Kier molecular flexibility index (Phi) is 2.28. The fourth-order valence-electron chi connectivity index (χ4n) is 0.922. The molecule has 2 aromatic rings. The zero-order valence-electron chi connectivity index (χ0n) is 6.57. The topological polar surface area (TPSA) is 51.8 Å². The molecule has 0 aliphatic heterocycles. The number of nitrogens with zero attached hydrogens (tertiary/aromatic N) is 2. The van der Waals surface area contributed by atoms with E-state index in [1.54, 1.807) is 23.6 Å². The van der Waals surface area contributed by atoms with E-state index < -0.39 is 0 Å². The molecular weight excluding hydrogens is 250 g/mol. The van der Waals surface area contributed by atoms with Crippen molar-refractivity contribution in [2.75, 3.05) is 5.73 Å². The summed E-state index contributed by atoms with van der Waals surface area (Å²) < 4.78 is 1.04. The number of nitrogen functional groups attached to an aromatic ring is 1. The fraction of sp³-hybridized carbons (Fsp3) is 0. The van der Waals surface area contributed by atoms with E-state index in [2.05, 4.69) is 25.9 Å². The van der Waals surface area contributed by atoms with Gasteiger partial charge in [0.15, 0.2) is 5.82 Å². The molecule has 5 heteroatoms. The van der Waals surface area contributed by atoms with Crippen molar-refractivity contribution in [2.45, 2.75) is 0 Å². The molecule has 13 heavy (non-hydrogen) atoms. The van der Waals surface area contributed by atoms with Gasteiger partial charge >= 0.3 is 0 Å². The largest absolute Gasteiger partial charge is 0.384 e. The van der Waals surface area contributed by atoms with Gasteiger partial charge in [-0.1, -0.05) is 0 Å². The Morgan fingerprint density at radius 2 is 2.31 bits per heavy atom. The second kappa shape index (κ2) is 3.43. The van der Waals surface area contributed by atoms with Crippen LogP contribution in [0.3, 0.4) is 0 Å². The molecule has 3 nitrogen and oxygen atoms in total. The number of nitrogens with two attached hydrogens (primary N) is 1. The number of aromatic nitrogens is 2. The van der Waals surface area contributed by atoms with Crippen LogP contribution in [0.1, 0.15) is 0 Å². The van der Waals surface area contributed by atoms with Crippen molar-refractivity contribution in [1.29, 1.82) is 0 Å². The van der Waals surface area contributed by atoms with Crippen LogP contribution in [0.5, 0.6) is 0 Å². The van der Waals surface area contributed by atoms with Gasteiger partial charge in [0.25, 0.3) is 0 Å². The number of hydrogen-bond donors (Lipinski definition) is 1. The lowest BCUT2D eigenvalue weighted by atomic mass is 10.4. The Morgan fingerprint density at radius 3 is 2.92 bits per heavy atom. The third-order valence-corrected chi connectivity index (χ3v) is 3.15. The normalized spacial score (nSPS) is 10.2. The van der Waals surface area contributed by atoms with Crippen molar-refractivity contribution in [1.82, 2.24) is 9.97 Å². The summed E-state index contributed by atoms with van der Waals surface area (Å²) in [6.45, 7) is 0. The second-order valence-corrected chi connectivity index (χ2v) is 4.26. The summed E-state index contributed by atoms with van der Waals surface area (Å²) in [5.74, 6) is 1.17. The highest BCUT2D eigenvalue weighted by Gasteiger charge is 2.03. The van der Waals surface area contributed by atoms with E-state index in [0.29, 0.717) is 11.6 Å². The Bertz CT molecular complexity index is 427. The third kappa shape index (κ3) is 1.87. The summed E-state index contributed by atoms with van der Waals surface area (Å²) >= 11 is 4.96. The van der Waals surface area contributed by atoms with Gasteiger partial charge in [-0.15, -0.1) is 11.3 Å². The van der Waals surface area contributed by atoms with Crippen LogP contribution >= 0.6 is 27.3 Å². The van der Waals surface area contributed by atoms with Crippen molar-refractivity contribution < 1.29 is 0 Å². The van der Waals surface area contributed by atoms with Gasteiger partial charge in [0, 0.05) is 16.0 Å². The number of thiophene rings is 1. The van der Waals surface area contributed by atoms with E-state index in [9.17, 15) is 0 Å². The minimum Gasteiger partial charge on any atom is -0.384 e. The van der Waals surface area contributed by atoms with Crippen molar-refractivity contribution in [3.05, 3.63) is 28.2 Å². The summed E-state index contributed by atoms with van der Waals surface area (Å²) in [6, 6.07) is 3.64. The van der Waals surface area contributed by atoms with Crippen molar-refractivity contribution in [3.63, 3.8) is 0 Å². The standard InChI is InChI=1S/C8H6BrN3S/c9-5-3-6(13-4-5)8-11-2-1-7(10)12-8/h1-4H,(H2,10,11,12). The maximum absolute atomic E-state index is 5.54. The minimum absolute atomic E-state index is 0.495. The van der Waals surface area contributed by atoms with Gasteiger partial charge in [-0.3, -0.25) is 0 Å². The van der Waals surface area contributed by atoms with Crippen LogP contribution in [-0.2, 0) is 0 Å². The molecular formula is C8H6BrN3S. The van der Waals surface area contributed by atoms with Gasteiger partial charge in [0.2, 0.25) is 0 Å². The number of hydrogen-bond acceptors (Lipinski definition) is 4. The van der Waals surface area contributed by atoms with Crippen LogP contribution in [0.4, 0.5) is 5.82 Å². The number of halogens is 1. The molecule has 0 aliphatic rings. The van der Waals surface area contributed by atoms with E-state index in [1.807, 2.05) is 11.4 Å². The van der Waals surface area contributed by atoms with E-state index in [0.717, 1.165) is 9.35 Å². The summed E-state index contributed by atoms with van der Waals surface area (Å²) in [5.41, 5.74) is 5.54. The number of anilines is 1. The molecule has 0 unspecified atom stereocenters. The van der Waals surface area contributed by atoms with Crippen molar-refractivity contribution in [3.8, 4) is 10.7 Å². The molecule has 2 rings (SSSR count). The molecule has 66 valence electrons. The third-order valence-electron chi connectivity index (χ3n) is 1.46. The summed E-state index contributed by atoms with van der Waals surface area (Å²) in [6.07, 6.45) is 1.66. The van der Waals surface area contributed by atoms with E-state index in [1.165, 1.54) is 0 Å². The maximum atomic E-state index is 5.54. The molecule has 2 N–H and O–H groups in total. The van der Waals surface area contributed by atoms with Crippen molar-refractivity contribution in [2.24, 2.45) is 0 Å². The molecule has 0 amide bonds. The molecule has 0 fully saturated rings. The average Bonchev–Trinajstić information content (AvgIpc) is 2.52. The Morgan fingerprint density at radius 1 is 1.46 bits per heavy atom.